The van der Waals surface area contributed by atoms with Gasteiger partial charge in [0.2, 0.25) is 5.91 Å². The van der Waals surface area contributed by atoms with Crippen LogP contribution in [-0.2, 0) is 4.79 Å². The average Bonchev–Trinajstić information content (AvgIpc) is 2.82. The van der Waals surface area contributed by atoms with Crippen molar-refractivity contribution < 1.29 is 4.79 Å². The van der Waals surface area contributed by atoms with E-state index >= 15 is 0 Å². The van der Waals surface area contributed by atoms with Gasteiger partial charge in [0.1, 0.15) is 0 Å². The summed E-state index contributed by atoms with van der Waals surface area (Å²) in [6.45, 7) is 8.73. The van der Waals surface area contributed by atoms with E-state index in [9.17, 15) is 4.79 Å². The quantitative estimate of drug-likeness (QED) is 0.694. The van der Waals surface area contributed by atoms with Gasteiger partial charge in [0.25, 0.3) is 0 Å². The van der Waals surface area contributed by atoms with E-state index < -0.39 is 0 Å². The molecule has 3 N–H and O–H groups in total. The number of carbonyl (C=O) groups is 1. The Morgan fingerprint density at radius 2 is 2.06 bits per heavy atom. The summed E-state index contributed by atoms with van der Waals surface area (Å²) in [4.78, 5) is 14.3. The molecular weight excluding hydrogens is 214 g/mol. The molecule has 4 nitrogen and oxygen atoms in total. The van der Waals surface area contributed by atoms with E-state index in [1.807, 2.05) is 0 Å². The molecule has 100 valence electrons. The summed E-state index contributed by atoms with van der Waals surface area (Å²) in [5.74, 6) is 0.783. The van der Waals surface area contributed by atoms with Crippen molar-refractivity contribution in [1.82, 2.24) is 10.2 Å². The van der Waals surface area contributed by atoms with Crippen LogP contribution in [0.25, 0.3) is 0 Å². The van der Waals surface area contributed by atoms with Gasteiger partial charge in [0.05, 0.1) is 0 Å². The van der Waals surface area contributed by atoms with Crippen LogP contribution in [0, 0.1) is 11.8 Å². The molecule has 1 aliphatic rings. The molecule has 0 heterocycles. The van der Waals surface area contributed by atoms with Crippen LogP contribution in [0.4, 0.5) is 0 Å². The van der Waals surface area contributed by atoms with Crippen LogP contribution in [0.2, 0.25) is 0 Å². The summed E-state index contributed by atoms with van der Waals surface area (Å²) < 4.78 is 0. The molecule has 0 radical (unpaired) electrons. The molecule has 2 atom stereocenters. The van der Waals surface area contributed by atoms with Gasteiger partial charge in [-0.1, -0.05) is 20.3 Å². The molecule has 2 unspecified atom stereocenters. The highest BCUT2D eigenvalue weighted by atomic mass is 16.1. The molecule has 0 spiro atoms. The van der Waals surface area contributed by atoms with Crippen LogP contribution < -0.4 is 11.1 Å². The molecule has 17 heavy (non-hydrogen) atoms. The van der Waals surface area contributed by atoms with Crippen LogP contribution in [0.5, 0.6) is 0 Å². The predicted octanol–water partition coefficient (Wildman–Crippen LogP) is 0.819. The first-order chi connectivity index (χ1) is 8.22. The van der Waals surface area contributed by atoms with Crippen LogP contribution >= 0.6 is 0 Å². The van der Waals surface area contributed by atoms with Crippen molar-refractivity contribution in [2.45, 2.75) is 33.1 Å². The summed E-state index contributed by atoms with van der Waals surface area (Å²) in [7, 11) is 0. The van der Waals surface area contributed by atoms with Gasteiger partial charge in [-0.3, -0.25) is 4.79 Å². The molecule has 1 saturated carbocycles. The van der Waals surface area contributed by atoms with Gasteiger partial charge in [-0.2, -0.15) is 0 Å². The van der Waals surface area contributed by atoms with Crippen molar-refractivity contribution in [3.05, 3.63) is 0 Å². The molecule has 0 aromatic rings. The average molecular weight is 241 g/mol. The third-order valence-electron chi connectivity index (χ3n) is 3.92. The first-order valence-corrected chi connectivity index (χ1v) is 6.93. The first kappa shape index (κ1) is 14.5. The fraction of sp³-hybridized carbons (Fsp3) is 0.923. The SMILES string of the molecule is CCN(CC)CCNC(=O)C1CCCC1CN. The zero-order valence-corrected chi connectivity index (χ0v) is 11.2. The summed E-state index contributed by atoms with van der Waals surface area (Å²) in [5.41, 5.74) is 5.69. The normalized spacial score (nSPS) is 24.2. The van der Waals surface area contributed by atoms with Crippen LogP contribution in [0.1, 0.15) is 33.1 Å². The minimum atomic E-state index is 0.164. The lowest BCUT2D eigenvalue weighted by molar-refractivity contribution is -0.126. The lowest BCUT2D eigenvalue weighted by Gasteiger charge is -2.20. The maximum atomic E-state index is 12.0. The third kappa shape index (κ3) is 4.28. The summed E-state index contributed by atoms with van der Waals surface area (Å²) in [6, 6.07) is 0. The molecule has 0 aliphatic heterocycles. The van der Waals surface area contributed by atoms with Crippen molar-refractivity contribution in [3.8, 4) is 0 Å². The highest BCUT2D eigenvalue weighted by molar-refractivity contribution is 5.79. The Bertz CT molecular complexity index is 229. The number of amides is 1. The van der Waals surface area contributed by atoms with E-state index in [4.69, 9.17) is 5.73 Å². The molecule has 1 rings (SSSR count). The van der Waals surface area contributed by atoms with Crippen molar-refractivity contribution in [2.75, 3.05) is 32.7 Å². The number of nitrogens with one attached hydrogen (secondary N) is 1. The fourth-order valence-electron chi connectivity index (χ4n) is 2.67. The van der Waals surface area contributed by atoms with E-state index in [0.717, 1.165) is 45.4 Å². The second-order valence-electron chi connectivity index (χ2n) is 4.85. The summed E-state index contributed by atoms with van der Waals surface area (Å²) in [5, 5.41) is 3.05. The number of hydrogen-bond acceptors (Lipinski definition) is 3. The lowest BCUT2D eigenvalue weighted by atomic mass is 9.95. The molecular formula is C13H27N3O. The number of carbonyl (C=O) groups excluding carboxylic acids is 1. The van der Waals surface area contributed by atoms with Gasteiger partial charge in [-0.05, 0) is 38.4 Å². The van der Waals surface area contributed by atoms with Crippen molar-refractivity contribution >= 4 is 5.91 Å². The Labute approximate surface area is 105 Å². The maximum absolute atomic E-state index is 12.0. The minimum Gasteiger partial charge on any atom is -0.355 e. The Balaban J connectivity index is 2.24. The number of rotatable bonds is 7. The molecule has 1 amide bonds. The Kier molecular flexibility index (Phi) is 6.52. The van der Waals surface area contributed by atoms with Crippen LogP contribution in [0.15, 0.2) is 0 Å². The maximum Gasteiger partial charge on any atom is 0.223 e. The zero-order chi connectivity index (χ0) is 12.7. The number of nitrogens with two attached hydrogens (primary N) is 1. The smallest absolute Gasteiger partial charge is 0.223 e. The van der Waals surface area contributed by atoms with Crippen molar-refractivity contribution in [1.29, 1.82) is 0 Å². The monoisotopic (exact) mass is 241 g/mol. The Hall–Kier alpha value is -0.610. The molecule has 1 fully saturated rings. The first-order valence-electron chi connectivity index (χ1n) is 6.93. The Morgan fingerprint density at radius 1 is 1.35 bits per heavy atom. The number of hydrogen-bond donors (Lipinski definition) is 2. The minimum absolute atomic E-state index is 0.164. The molecule has 0 bridgehead atoms. The second-order valence-corrected chi connectivity index (χ2v) is 4.85. The number of likely N-dealkylation sites (N-methyl/N-ethyl adjacent to an activating group) is 1. The van der Waals surface area contributed by atoms with Gasteiger partial charge in [0, 0.05) is 19.0 Å². The molecule has 0 aromatic carbocycles. The fourth-order valence-corrected chi connectivity index (χ4v) is 2.67. The van der Waals surface area contributed by atoms with E-state index in [0.29, 0.717) is 12.5 Å². The van der Waals surface area contributed by atoms with E-state index in [1.54, 1.807) is 0 Å². The lowest BCUT2D eigenvalue weighted by Crippen LogP contribution is -2.39. The molecule has 1 aliphatic carbocycles. The van der Waals surface area contributed by atoms with Crippen molar-refractivity contribution in [2.24, 2.45) is 17.6 Å². The topological polar surface area (TPSA) is 58.4 Å². The molecule has 4 heteroatoms. The molecule has 0 aromatic heterocycles. The standard InChI is InChI=1S/C13H27N3O/c1-3-16(4-2)9-8-15-13(17)12-7-5-6-11(12)10-14/h11-12H,3-10,14H2,1-2H3,(H,15,17). The zero-order valence-electron chi connectivity index (χ0n) is 11.2. The van der Waals surface area contributed by atoms with Crippen LogP contribution in [0.3, 0.4) is 0 Å². The van der Waals surface area contributed by atoms with Crippen LogP contribution in [-0.4, -0.2) is 43.5 Å². The van der Waals surface area contributed by atoms with Gasteiger partial charge in [0.15, 0.2) is 0 Å². The Morgan fingerprint density at radius 3 is 2.65 bits per heavy atom. The van der Waals surface area contributed by atoms with Gasteiger partial charge >= 0.3 is 0 Å². The molecule has 0 saturated heterocycles. The predicted molar refractivity (Wildman–Crippen MR) is 70.7 cm³/mol. The van der Waals surface area contributed by atoms with E-state index in [2.05, 4.69) is 24.1 Å². The van der Waals surface area contributed by atoms with Gasteiger partial charge in [-0.15, -0.1) is 0 Å². The van der Waals surface area contributed by atoms with E-state index in [1.165, 1.54) is 0 Å². The largest absolute Gasteiger partial charge is 0.355 e. The summed E-state index contributed by atoms with van der Waals surface area (Å²) in [6.07, 6.45) is 3.28. The summed E-state index contributed by atoms with van der Waals surface area (Å²) >= 11 is 0. The van der Waals surface area contributed by atoms with Gasteiger partial charge in [-0.25, -0.2) is 0 Å². The highest BCUT2D eigenvalue weighted by Gasteiger charge is 2.31. The van der Waals surface area contributed by atoms with Gasteiger partial charge < -0.3 is 16.0 Å². The van der Waals surface area contributed by atoms with E-state index in [-0.39, 0.29) is 11.8 Å². The second kappa shape index (κ2) is 7.67. The highest BCUT2D eigenvalue weighted by Crippen LogP contribution is 2.30. The number of nitrogens with zero attached hydrogens (tertiary/aromatic N) is 1. The third-order valence-corrected chi connectivity index (χ3v) is 3.92. The van der Waals surface area contributed by atoms with Crippen molar-refractivity contribution in [3.63, 3.8) is 0 Å².